The zero-order chi connectivity index (χ0) is 15.6. The van der Waals surface area contributed by atoms with Crippen LogP contribution in [0.5, 0.6) is 0 Å². The lowest BCUT2D eigenvalue weighted by atomic mass is 10.2. The number of amides is 3. The van der Waals surface area contributed by atoms with E-state index in [1.165, 1.54) is 12.4 Å². The highest BCUT2D eigenvalue weighted by Gasteiger charge is 2.37. The molecule has 1 aliphatic heterocycles. The van der Waals surface area contributed by atoms with E-state index in [9.17, 15) is 19.2 Å². The summed E-state index contributed by atoms with van der Waals surface area (Å²) in [5.41, 5.74) is 0.0119. The fraction of sp³-hybridized carbons (Fsp3) is 0.417. The second-order valence-corrected chi connectivity index (χ2v) is 5.14. The van der Waals surface area contributed by atoms with Crippen molar-refractivity contribution in [3.05, 3.63) is 16.1 Å². The Morgan fingerprint density at radius 2 is 2.24 bits per heavy atom. The van der Waals surface area contributed by atoms with E-state index in [-0.39, 0.29) is 29.6 Å². The highest BCUT2D eigenvalue weighted by molar-refractivity contribution is 7.11. The van der Waals surface area contributed by atoms with Gasteiger partial charge in [-0.3, -0.25) is 19.3 Å². The van der Waals surface area contributed by atoms with E-state index in [4.69, 9.17) is 4.74 Å². The minimum Gasteiger partial charge on any atom is -0.461 e. The number of carbonyl (C=O) groups excluding carboxylic acids is 4. The SMILES string of the molecule is CCOC(=O)c1nc(C(=O)NC2CC(=O)N(C)C2=O)cs1. The second kappa shape index (κ2) is 6.00. The predicted molar refractivity (Wildman–Crippen MR) is 71.7 cm³/mol. The van der Waals surface area contributed by atoms with Gasteiger partial charge in [-0.1, -0.05) is 0 Å². The van der Waals surface area contributed by atoms with Gasteiger partial charge in [0.05, 0.1) is 13.0 Å². The van der Waals surface area contributed by atoms with Crippen LogP contribution in [0.4, 0.5) is 0 Å². The number of thiazole rings is 1. The first kappa shape index (κ1) is 15.1. The number of likely N-dealkylation sites (N-methyl/N-ethyl adjacent to an activating group) is 1. The fourth-order valence-electron chi connectivity index (χ4n) is 1.77. The van der Waals surface area contributed by atoms with Crippen LogP contribution in [0.1, 0.15) is 33.6 Å². The number of likely N-dealkylation sites (tertiary alicyclic amines) is 1. The molecule has 1 saturated heterocycles. The molecule has 1 aliphatic rings. The zero-order valence-corrected chi connectivity index (χ0v) is 12.2. The number of hydrogen-bond acceptors (Lipinski definition) is 7. The third-order valence-electron chi connectivity index (χ3n) is 2.87. The maximum absolute atomic E-state index is 12.0. The van der Waals surface area contributed by atoms with E-state index < -0.39 is 23.8 Å². The van der Waals surface area contributed by atoms with Crippen molar-refractivity contribution in [2.24, 2.45) is 0 Å². The number of carbonyl (C=O) groups is 4. The average Bonchev–Trinajstić information content (AvgIpc) is 3.02. The molecule has 2 heterocycles. The predicted octanol–water partition coefficient (Wildman–Crippen LogP) is -0.193. The summed E-state index contributed by atoms with van der Waals surface area (Å²) in [6.45, 7) is 1.88. The number of hydrogen-bond donors (Lipinski definition) is 1. The highest BCUT2D eigenvalue weighted by atomic mass is 32.1. The molecule has 8 nitrogen and oxygen atoms in total. The quantitative estimate of drug-likeness (QED) is 0.610. The molecular weight excluding hydrogens is 298 g/mol. The Bertz CT molecular complexity index is 612. The van der Waals surface area contributed by atoms with E-state index in [0.717, 1.165) is 16.2 Å². The van der Waals surface area contributed by atoms with Crippen LogP contribution in [0.2, 0.25) is 0 Å². The van der Waals surface area contributed by atoms with E-state index in [1.807, 2.05) is 0 Å². The van der Waals surface area contributed by atoms with Crippen molar-refractivity contribution in [1.29, 1.82) is 0 Å². The number of nitrogens with zero attached hydrogens (tertiary/aromatic N) is 2. The van der Waals surface area contributed by atoms with Crippen molar-refractivity contribution >= 4 is 35.0 Å². The first-order valence-corrected chi connectivity index (χ1v) is 7.06. The molecular formula is C12H13N3O5S. The molecule has 1 N–H and O–H groups in total. The van der Waals surface area contributed by atoms with Crippen LogP contribution < -0.4 is 5.32 Å². The number of nitrogens with one attached hydrogen (secondary N) is 1. The largest absolute Gasteiger partial charge is 0.461 e. The zero-order valence-electron chi connectivity index (χ0n) is 11.4. The van der Waals surface area contributed by atoms with Gasteiger partial charge in [0.2, 0.25) is 10.9 Å². The van der Waals surface area contributed by atoms with Gasteiger partial charge in [-0.2, -0.15) is 0 Å². The summed E-state index contributed by atoms with van der Waals surface area (Å²) in [6, 6.07) is -0.886. The number of imide groups is 1. The first-order chi connectivity index (χ1) is 9.93. The maximum atomic E-state index is 12.0. The van der Waals surface area contributed by atoms with Crippen LogP contribution in [0.3, 0.4) is 0 Å². The minimum absolute atomic E-state index is 0.0119. The lowest BCUT2D eigenvalue weighted by Gasteiger charge is -2.09. The van der Waals surface area contributed by atoms with Crippen LogP contribution >= 0.6 is 11.3 Å². The summed E-state index contributed by atoms with van der Waals surface area (Å²) in [4.78, 5) is 51.3. The van der Waals surface area contributed by atoms with Crippen LogP contribution in [0.25, 0.3) is 0 Å². The van der Waals surface area contributed by atoms with E-state index in [0.29, 0.717) is 0 Å². The molecule has 3 amide bonds. The van der Waals surface area contributed by atoms with Gasteiger partial charge in [0, 0.05) is 12.4 Å². The van der Waals surface area contributed by atoms with Crippen molar-refractivity contribution in [3.8, 4) is 0 Å². The van der Waals surface area contributed by atoms with Crippen molar-refractivity contribution in [2.45, 2.75) is 19.4 Å². The Kier molecular flexibility index (Phi) is 4.32. The summed E-state index contributed by atoms with van der Waals surface area (Å²) in [6.07, 6.45) is -0.0735. The van der Waals surface area contributed by atoms with E-state index in [1.54, 1.807) is 6.92 Å². The lowest BCUT2D eigenvalue weighted by molar-refractivity contribution is -0.137. The summed E-state index contributed by atoms with van der Waals surface area (Å²) >= 11 is 0.977. The molecule has 112 valence electrons. The van der Waals surface area contributed by atoms with E-state index in [2.05, 4.69) is 10.3 Å². The van der Waals surface area contributed by atoms with Gasteiger partial charge in [-0.05, 0) is 6.92 Å². The number of aromatic nitrogens is 1. The third kappa shape index (κ3) is 3.07. The Hall–Kier alpha value is -2.29. The Morgan fingerprint density at radius 3 is 2.81 bits per heavy atom. The lowest BCUT2D eigenvalue weighted by Crippen LogP contribution is -2.40. The van der Waals surface area contributed by atoms with Crippen LogP contribution in [0, 0.1) is 0 Å². The molecule has 0 aromatic carbocycles. The highest BCUT2D eigenvalue weighted by Crippen LogP contribution is 2.14. The number of rotatable bonds is 4. The van der Waals surface area contributed by atoms with Crippen molar-refractivity contribution in [2.75, 3.05) is 13.7 Å². The van der Waals surface area contributed by atoms with Gasteiger partial charge in [0.25, 0.3) is 11.8 Å². The monoisotopic (exact) mass is 311 g/mol. The van der Waals surface area contributed by atoms with Gasteiger partial charge >= 0.3 is 5.97 Å². The molecule has 1 aromatic heterocycles. The van der Waals surface area contributed by atoms with Gasteiger partial charge in [0.15, 0.2) is 0 Å². The number of esters is 1. The van der Waals surface area contributed by atoms with Crippen molar-refractivity contribution in [1.82, 2.24) is 15.2 Å². The van der Waals surface area contributed by atoms with Crippen LogP contribution in [-0.4, -0.2) is 53.3 Å². The first-order valence-electron chi connectivity index (χ1n) is 6.18. The Morgan fingerprint density at radius 1 is 1.52 bits per heavy atom. The van der Waals surface area contributed by atoms with Crippen LogP contribution in [-0.2, 0) is 14.3 Å². The maximum Gasteiger partial charge on any atom is 0.367 e. The molecule has 0 bridgehead atoms. The van der Waals surface area contributed by atoms with E-state index >= 15 is 0 Å². The molecule has 0 saturated carbocycles. The minimum atomic E-state index is -0.886. The summed E-state index contributed by atoms with van der Waals surface area (Å²) in [5, 5.41) is 3.89. The normalized spacial score (nSPS) is 18.0. The van der Waals surface area contributed by atoms with Gasteiger partial charge in [-0.25, -0.2) is 9.78 Å². The summed E-state index contributed by atoms with van der Waals surface area (Å²) in [7, 11) is 1.36. The third-order valence-corrected chi connectivity index (χ3v) is 3.70. The summed E-state index contributed by atoms with van der Waals surface area (Å²) < 4.78 is 4.77. The fourth-order valence-corrected chi connectivity index (χ4v) is 2.45. The molecule has 1 aromatic rings. The summed E-state index contributed by atoms with van der Waals surface area (Å²) in [5.74, 6) is -2.03. The van der Waals surface area contributed by atoms with Crippen LogP contribution in [0.15, 0.2) is 5.38 Å². The second-order valence-electron chi connectivity index (χ2n) is 4.28. The Labute approximate surface area is 124 Å². The molecule has 1 atom stereocenters. The standard InChI is InChI=1S/C12H13N3O5S/c1-3-20-12(19)10-14-7(5-21-10)9(17)13-6-4-8(16)15(2)11(6)18/h5-6H,3-4H2,1-2H3,(H,13,17). The molecule has 2 rings (SSSR count). The molecule has 21 heavy (non-hydrogen) atoms. The van der Waals surface area contributed by atoms with Gasteiger partial charge < -0.3 is 10.1 Å². The molecule has 1 unspecified atom stereocenters. The van der Waals surface area contributed by atoms with Crippen molar-refractivity contribution in [3.63, 3.8) is 0 Å². The van der Waals surface area contributed by atoms with Gasteiger partial charge in [-0.15, -0.1) is 11.3 Å². The molecule has 1 fully saturated rings. The molecule has 0 spiro atoms. The Balaban J connectivity index is 2.03. The van der Waals surface area contributed by atoms with Gasteiger partial charge in [0.1, 0.15) is 11.7 Å². The number of ether oxygens (including phenoxy) is 1. The molecule has 0 aliphatic carbocycles. The molecule has 9 heteroatoms. The smallest absolute Gasteiger partial charge is 0.367 e. The topological polar surface area (TPSA) is 106 Å². The average molecular weight is 311 g/mol. The molecule has 0 radical (unpaired) electrons. The van der Waals surface area contributed by atoms with Crippen molar-refractivity contribution < 1.29 is 23.9 Å².